The molecule has 1 atom stereocenters. The second-order valence-electron chi connectivity index (χ2n) is 6.42. The summed E-state index contributed by atoms with van der Waals surface area (Å²) in [4.78, 5) is 25.3. The lowest BCUT2D eigenvalue weighted by Crippen LogP contribution is -2.57. The fourth-order valence-corrected chi connectivity index (χ4v) is 3.75. The van der Waals surface area contributed by atoms with Crippen molar-refractivity contribution in [2.24, 2.45) is 0 Å². The van der Waals surface area contributed by atoms with E-state index in [1.165, 1.54) is 0 Å². The number of halogens is 1. The molecule has 130 valence electrons. The van der Waals surface area contributed by atoms with Crippen LogP contribution in [0.25, 0.3) is 0 Å². The molecule has 7 heteroatoms. The summed E-state index contributed by atoms with van der Waals surface area (Å²) in [6, 6.07) is 9.53. The molecule has 0 bridgehead atoms. The molecular weight excluding hydrogens is 388 g/mol. The molecule has 1 saturated heterocycles. The first-order chi connectivity index (χ1) is 12.1. The first kappa shape index (κ1) is 16.4. The lowest BCUT2D eigenvalue weighted by molar-refractivity contribution is 0.0795. The monoisotopic (exact) mass is 404 g/mol. The highest BCUT2D eigenvalue weighted by molar-refractivity contribution is 9.10. The summed E-state index contributed by atoms with van der Waals surface area (Å²) in [6.45, 7) is 1.87. The van der Waals surface area contributed by atoms with E-state index in [0.717, 1.165) is 12.0 Å². The maximum Gasteiger partial charge on any atom is 0.272 e. The third-order valence-electron chi connectivity index (χ3n) is 4.59. The Morgan fingerprint density at radius 3 is 2.80 bits per heavy atom. The van der Waals surface area contributed by atoms with E-state index in [0.29, 0.717) is 24.2 Å². The number of benzene rings is 1. The largest absolute Gasteiger partial charge is 0.483 e. The molecule has 1 spiro atoms. The molecule has 2 aliphatic heterocycles. The number of aromatic nitrogens is 1. The summed E-state index contributed by atoms with van der Waals surface area (Å²) in [5.41, 5.74) is 0.463. The van der Waals surface area contributed by atoms with Gasteiger partial charge >= 0.3 is 0 Å². The zero-order valence-electron chi connectivity index (χ0n) is 13.5. The van der Waals surface area contributed by atoms with Gasteiger partial charge in [0.15, 0.2) is 11.4 Å². The highest BCUT2D eigenvalue weighted by Crippen LogP contribution is 2.30. The van der Waals surface area contributed by atoms with Crippen LogP contribution in [0.4, 0.5) is 0 Å². The number of amides is 1. The number of nitrogens with zero attached hydrogens (tertiary/aromatic N) is 1. The Morgan fingerprint density at radius 2 is 2.08 bits per heavy atom. The van der Waals surface area contributed by atoms with Crippen LogP contribution in [0.5, 0.6) is 5.75 Å². The number of rotatable bonds is 3. The molecule has 0 aliphatic carbocycles. The van der Waals surface area contributed by atoms with Crippen LogP contribution in [0, 0.1) is 0 Å². The number of nitrogens with one attached hydrogen (secondary N) is 1. The number of carbonyl (C=O) groups is 1. The Bertz CT molecular complexity index is 873. The molecule has 6 nitrogen and oxygen atoms in total. The van der Waals surface area contributed by atoms with Crippen LogP contribution in [-0.2, 0) is 17.9 Å². The third kappa shape index (κ3) is 2.98. The van der Waals surface area contributed by atoms with Gasteiger partial charge in [0.25, 0.3) is 5.91 Å². The van der Waals surface area contributed by atoms with Crippen molar-refractivity contribution < 1.29 is 14.3 Å². The molecule has 0 saturated carbocycles. The molecule has 2 aliphatic rings. The number of carbonyl (C=O) groups excluding carboxylic acids is 1. The topological polar surface area (TPSA) is 69.6 Å². The van der Waals surface area contributed by atoms with Crippen LogP contribution < -0.4 is 15.5 Å². The van der Waals surface area contributed by atoms with E-state index in [2.05, 4.69) is 21.2 Å². The molecule has 25 heavy (non-hydrogen) atoms. The van der Waals surface area contributed by atoms with Gasteiger partial charge in [-0.25, -0.2) is 0 Å². The Labute approximate surface area is 152 Å². The standard InChI is InChI=1S/C18H17BrN2O4/c19-13-8-21-10-18(6-7-24-11-18)20-17(23)14(21)16(15(13)22)25-9-12-4-2-1-3-5-12/h1-5,8H,6-7,9-11H2,(H,20,23). The molecule has 1 N–H and O–H groups in total. The van der Waals surface area contributed by atoms with E-state index in [-0.39, 0.29) is 29.4 Å². The van der Waals surface area contributed by atoms with Gasteiger partial charge in [0, 0.05) is 19.3 Å². The Morgan fingerprint density at radius 1 is 1.28 bits per heavy atom. The molecule has 4 rings (SSSR count). The molecule has 1 amide bonds. The normalized spacial score (nSPS) is 21.9. The van der Waals surface area contributed by atoms with Gasteiger partial charge in [0.05, 0.1) is 16.6 Å². The average molecular weight is 405 g/mol. The second kappa shape index (κ2) is 6.31. The van der Waals surface area contributed by atoms with E-state index < -0.39 is 5.54 Å². The molecule has 1 aromatic carbocycles. The number of fused-ring (bicyclic) bond motifs is 1. The van der Waals surface area contributed by atoms with Crippen molar-refractivity contribution in [2.45, 2.75) is 25.1 Å². The fourth-order valence-electron chi connectivity index (χ4n) is 3.32. The minimum absolute atomic E-state index is 0.0736. The Balaban J connectivity index is 1.71. The first-order valence-corrected chi connectivity index (χ1v) is 8.87. The van der Waals surface area contributed by atoms with E-state index in [4.69, 9.17) is 9.47 Å². The average Bonchev–Trinajstić information content (AvgIpc) is 3.04. The smallest absolute Gasteiger partial charge is 0.272 e. The predicted molar refractivity (Wildman–Crippen MR) is 94.8 cm³/mol. The predicted octanol–water partition coefficient (Wildman–Crippen LogP) is 2.09. The number of hydrogen-bond acceptors (Lipinski definition) is 4. The van der Waals surface area contributed by atoms with E-state index >= 15 is 0 Å². The van der Waals surface area contributed by atoms with Gasteiger partial charge in [-0.05, 0) is 27.9 Å². The van der Waals surface area contributed by atoms with Crippen LogP contribution in [0.2, 0.25) is 0 Å². The van der Waals surface area contributed by atoms with Gasteiger partial charge in [0.2, 0.25) is 5.43 Å². The van der Waals surface area contributed by atoms with Gasteiger partial charge in [0.1, 0.15) is 6.61 Å². The first-order valence-electron chi connectivity index (χ1n) is 8.08. The minimum atomic E-state index is -0.407. The molecular formula is C18H17BrN2O4. The van der Waals surface area contributed by atoms with Crippen molar-refractivity contribution in [3.8, 4) is 5.75 Å². The van der Waals surface area contributed by atoms with E-state index in [1.807, 2.05) is 30.3 Å². The molecule has 3 heterocycles. The van der Waals surface area contributed by atoms with Crippen molar-refractivity contribution in [1.29, 1.82) is 0 Å². The van der Waals surface area contributed by atoms with Crippen LogP contribution in [0.15, 0.2) is 45.8 Å². The molecule has 1 aromatic heterocycles. The third-order valence-corrected chi connectivity index (χ3v) is 5.16. The zero-order chi connectivity index (χ0) is 17.4. The van der Waals surface area contributed by atoms with Crippen molar-refractivity contribution >= 4 is 21.8 Å². The number of pyridine rings is 1. The summed E-state index contributed by atoms with van der Waals surface area (Å²) in [7, 11) is 0. The number of hydrogen-bond donors (Lipinski definition) is 1. The second-order valence-corrected chi connectivity index (χ2v) is 7.28. The highest BCUT2D eigenvalue weighted by atomic mass is 79.9. The van der Waals surface area contributed by atoms with Gasteiger partial charge in [-0.3, -0.25) is 9.59 Å². The summed E-state index contributed by atoms with van der Waals surface area (Å²) >= 11 is 3.29. The van der Waals surface area contributed by atoms with Gasteiger partial charge in [-0.2, -0.15) is 0 Å². The molecule has 1 unspecified atom stereocenters. The van der Waals surface area contributed by atoms with Gasteiger partial charge in [-0.1, -0.05) is 30.3 Å². The number of ether oxygens (including phenoxy) is 2. The maximum atomic E-state index is 12.7. The molecule has 2 aromatic rings. The van der Waals surface area contributed by atoms with Crippen LogP contribution >= 0.6 is 15.9 Å². The highest BCUT2D eigenvalue weighted by Gasteiger charge is 2.42. The minimum Gasteiger partial charge on any atom is -0.483 e. The van der Waals surface area contributed by atoms with Crippen LogP contribution in [0.3, 0.4) is 0 Å². The summed E-state index contributed by atoms with van der Waals surface area (Å²) in [5.74, 6) is -0.228. The summed E-state index contributed by atoms with van der Waals surface area (Å²) < 4.78 is 13.4. The van der Waals surface area contributed by atoms with Crippen molar-refractivity contribution in [3.63, 3.8) is 0 Å². The van der Waals surface area contributed by atoms with Crippen molar-refractivity contribution in [2.75, 3.05) is 13.2 Å². The zero-order valence-corrected chi connectivity index (χ0v) is 15.0. The summed E-state index contributed by atoms with van der Waals surface area (Å²) in [6.07, 6.45) is 2.41. The Hall–Kier alpha value is -2.12. The van der Waals surface area contributed by atoms with E-state index in [1.54, 1.807) is 10.8 Å². The van der Waals surface area contributed by atoms with Crippen LogP contribution in [-0.4, -0.2) is 29.2 Å². The van der Waals surface area contributed by atoms with Crippen molar-refractivity contribution in [3.05, 3.63) is 62.5 Å². The summed E-state index contributed by atoms with van der Waals surface area (Å²) in [5, 5.41) is 3.01. The lowest BCUT2D eigenvalue weighted by atomic mass is 9.95. The van der Waals surface area contributed by atoms with Crippen molar-refractivity contribution in [1.82, 2.24) is 9.88 Å². The van der Waals surface area contributed by atoms with Gasteiger partial charge < -0.3 is 19.4 Å². The van der Waals surface area contributed by atoms with E-state index in [9.17, 15) is 9.59 Å². The lowest BCUT2D eigenvalue weighted by Gasteiger charge is -2.36. The fraction of sp³-hybridized carbons (Fsp3) is 0.333. The quantitative estimate of drug-likeness (QED) is 0.850. The Kier molecular flexibility index (Phi) is 4.13. The molecule has 1 fully saturated rings. The van der Waals surface area contributed by atoms with Crippen LogP contribution in [0.1, 0.15) is 22.5 Å². The van der Waals surface area contributed by atoms with Gasteiger partial charge in [-0.15, -0.1) is 0 Å². The maximum absolute atomic E-state index is 12.7. The SMILES string of the molecule is O=C1NC2(CCOC2)Cn2cc(Br)c(=O)c(OCc3ccccc3)c21. The molecule has 0 radical (unpaired) electrons.